The van der Waals surface area contributed by atoms with Gasteiger partial charge < -0.3 is 4.74 Å². The summed E-state index contributed by atoms with van der Waals surface area (Å²) in [4.78, 5) is 5.24. The second-order valence-electron chi connectivity index (χ2n) is 7.15. The van der Waals surface area contributed by atoms with Crippen LogP contribution < -0.4 is 4.74 Å². The first kappa shape index (κ1) is 19.2. The van der Waals surface area contributed by atoms with Crippen molar-refractivity contribution in [3.63, 3.8) is 0 Å². The molecule has 0 atom stereocenters. The predicted octanol–water partition coefficient (Wildman–Crippen LogP) is 7.12. The maximum Gasteiger partial charge on any atom is 0.234 e. The van der Waals surface area contributed by atoms with Gasteiger partial charge in [-0.05, 0) is 51.5 Å². The molecule has 0 bridgehead atoms. The van der Waals surface area contributed by atoms with E-state index < -0.39 is 0 Å². The van der Waals surface area contributed by atoms with Gasteiger partial charge in [-0.25, -0.2) is 0 Å². The van der Waals surface area contributed by atoms with Gasteiger partial charge in [-0.2, -0.15) is 4.37 Å². The third-order valence-corrected chi connectivity index (χ3v) is 5.98. The molecule has 5 aromatic rings. The van der Waals surface area contributed by atoms with Gasteiger partial charge in [-0.1, -0.05) is 84.9 Å². The quantitative estimate of drug-likeness (QED) is 0.293. The van der Waals surface area contributed by atoms with E-state index in [9.17, 15) is 0 Å². The lowest BCUT2D eigenvalue weighted by Gasteiger charge is -2.10. The van der Waals surface area contributed by atoms with Gasteiger partial charge in [0, 0.05) is 12.4 Å². The Kier molecular flexibility index (Phi) is 5.54. The van der Waals surface area contributed by atoms with E-state index in [2.05, 4.69) is 70.0 Å². The van der Waals surface area contributed by atoms with Crippen molar-refractivity contribution in [2.75, 3.05) is 0 Å². The van der Waals surface area contributed by atoms with Gasteiger partial charge in [-0.15, -0.1) is 0 Å². The van der Waals surface area contributed by atoms with Crippen LogP contribution in [0.15, 0.2) is 109 Å². The number of nitrogens with zero attached hydrogens (tertiary/aromatic N) is 2. The number of benzene rings is 3. The first-order valence-corrected chi connectivity index (χ1v) is 10.9. The van der Waals surface area contributed by atoms with Crippen molar-refractivity contribution < 1.29 is 4.74 Å². The highest BCUT2D eigenvalue weighted by Crippen LogP contribution is 2.42. The van der Waals surface area contributed by atoms with Crippen LogP contribution in [0.5, 0.6) is 5.88 Å². The number of rotatable bonds is 6. The van der Waals surface area contributed by atoms with Gasteiger partial charge in [0.05, 0.1) is 10.4 Å². The first-order valence-electron chi connectivity index (χ1n) is 10.1. The Balaban J connectivity index is 1.53. The van der Waals surface area contributed by atoms with E-state index >= 15 is 0 Å². The molecule has 0 aliphatic heterocycles. The molecule has 2 aromatic heterocycles. The standard InChI is InChI=1S/C27H20N2OS/c1-3-7-20(8-4-1)19-30-27-25(26(31-29-27)24-15-17-28-18-16-24)23-13-11-22(12-14-23)21-9-5-2-6-10-21/h1-18H,19H2. The molecule has 0 saturated carbocycles. The highest BCUT2D eigenvalue weighted by Gasteiger charge is 2.19. The molecule has 3 aromatic carbocycles. The zero-order chi connectivity index (χ0) is 20.9. The highest BCUT2D eigenvalue weighted by atomic mass is 32.1. The molecule has 150 valence electrons. The third kappa shape index (κ3) is 4.25. The van der Waals surface area contributed by atoms with E-state index in [0.29, 0.717) is 12.5 Å². The lowest BCUT2D eigenvalue weighted by Crippen LogP contribution is -1.96. The topological polar surface area (TPSA) is 35.0 Å². The Morgan fingerprint density at radius 2 is 1.23 bits per heavy atom. The molecule has 0 spiro atoms. The number of hydrogen-bond acceptors (Lipinski definition) is 4. The molecule has 3 nitrogen and oxygen atoms in total. The minimum Gasteiger partial charge on any atom is -0.472 e. The van der Waals surface area contributed by atoms with Crippen LogP contribution in [-0.4, -0.2) is 9.36 Å². The average Bonchev–Trinajstić information content (AvgIpc) is 3.28. The zero-order valence-electron chi connectivity index (χ0n) is 16.8. The second kappa shape index (κ2) is 8.94. The van der Waals surface area contributed by atoms with Crippen molar-refractivity contribution in [1.82, 2.24) is 9.36 Å². The smallest absolute Gasteiger partial charge is 0.234 e. The first-order chi connectivity index (χ1) is 15.4. The molecule has 0 fully saturated rings. The molecule has 31 heavy (non-hydrogen) atoms. The van der Waals surface area contributed by atoms with Crippen LogP contribution in [0, 0.1) is 0 Å². The number of ether oxygens (including phenoxy) is 1. The normalized spacial score (nSPS) is 10.7. The van der Waals surface area contributed by atoms with E-state index in [1.54, 1.807) is 0 Å². The molecule has 0 N–H and O–H groups in total. The third-order valence-electron chi connectivity index (χ3n) is 5.10. The Morgan fingerprint density at radius 3 is 1.94 bits per heavy atom. The maximum atomic E-state index is 6.18. The summed E-state index contributed by atoms with van der Waals surface area (Å²) in [7, 11) is 0. The molecule has 0 aliphatic carbocycles. The van der Waals surface area contributed by atoms with Gasteiger partial charge in [0.15, 0.2) is 0 Å². The summed E-state index contributed by atoms with van der Waals surface area (Å²) < 4.78 is 10.8. The second-order valence-corrected chi connectivity index (χ2v) is 7.92. The fraction of sp³-hybridized carbons (Fsp3) is 0.0370. The molecule has 5 rings (SSSR count). The monoisotopic (exact) mass is 420 g/mol. The molecule has 2 heterocycles. The zero-order valence-corrected chi connectivity index (χ0v) is 17.6. The fourth-order valence-electron chi connectivity index (χ4n) is 3.51. The van der Waals surface area contributed by atoms with Gasteiger partial charge in [-0.3, -0.25) is 4.98 Å². The molecule has 0 aliphatic rings. The van der Waals surface area contributed by atoms with Gasteiger partial charge in [0.25, 0.3) is 0 Å². The molecule has 0 radical (unpaired) electrons. The lowest BCUT2D eigenvalue weighted by molar-refractivity contribution is 0.298. The van der Waals surface area contributed by atoms with E-state index in [1.165, 1.54) is 22.7 Å². The summed E-state index contributed by atoms with van der Waals surface area (Å²) in [5.74, 6) is 0.660. The van der Waals surface area contributed by atoms with E-state index in [4.69, 9.17) is 4.74 Å². The number of hydrogen-bond donors (Lipinski definition) is 0. The minimum absolute atomic E-state index is 0.482. The van der Waals surface area contributed by atoms with Gasteiger partial charge in [0.1, 0.15) is 6.61 Å². The minimum atomic E-state index is 0.482. The number of aromatic nitrogens is 2. The fourth-order valence-corrected chi connectivity index (χ4v) is 4.37. The SMILES string of the molecule is c1ccc(COc2nsc(-c3ccncc3)c2-c2ccc(-c3ccccc3)cc2)cc1. The van der Waals surface area contributed by atoms with E-state index in [-0.39, 0.29) is 0 Å². The summed E-state index contributed by atoms with van der Waals surface area (Å²) in [5.41, 5.74) is 6.70. The van der Waals surface area contributed by atoms with Gasteiger partial charge in [0.2, 0.25) is 5.88 Å². The Hall–Kier alpha value is -3.76. The Bertz CT molecular complexity index is 1250. The van der Waals surface area contributed by atoms with Crippen molar-refractivity contribution in [2.45, 2.75) is 6.61 Å². The average molecular weight is 421 g/mol. The summed E-state index contributed by atoms with van der Waals surface area (Å²) in [6, 6.07) is 33.2. The number of pyridine rings is 1. The summed E-state index contributed by atoms with van der Waals surface area (Å²) >= 11 is 1.46. The van der Waals surface area contributed by atoms with Crippen LogP contribution in [0.25, 0.3) is 32.7 Å². The van der Waals surface area contributed by atoms with Crippen molar-refractivity contribution in [3.05, 3.63) is 115 Å². The summed E-state index contributed by atoms with van der Waals surface area (Å²) in [6.07, 6.45) is 3.61. The summed E-state index contributed by atoms with van der Waals surface area (Å²) in [5, 5.41) is 0. The summed E-state index contributed by atoms with van der Waals surface area (Å²) in [6.45, 7) is 0.482. The van der Waals surface area contributed by atoms with Crippen LogP contribution in [0.1, 0.15) is 5.56 Å². The molecular weight excluding hydrogens is 400 g/mol. The molecule has 4 heteroatoms. The highest BCUT2D eigenvalue weighted by molar-refractivity contribution is 7.10. The molecule has 0 saturated heterocycles. The van der Waals surface area contributed by atoms with Crippen LogP contribution in [-0.2, 0) is 6.61 Å². The van der Waals surface area contributed by atoms with Crippen LogP contribution in [0.4, 0.5) is 0 Å². The van der Waals surface area contributed by atoms with Crippen LogP contribution >= 0.6 is 11.5 Å². The maximum absolute atomic E-state index is 6.18. The van der Waals surface area contributed by atoms with Crippen LogP contribution in [0.3, 0.4) is 0 Å². The van der Waals surface area contributed by atoms with E-state index in [1.807, 2.05) is 48.8 Å². The van der Waals surface area contributed by atoms with Crippen LogP contribution in [0.2, 0.25) is 0 Å². The Labute approximate surface area is 185 Å². The molecule has 0 unspecified atom stereocenters. The van der Waals surface area contributed by atoms with E-state index in [0.717, 1.165) is 27.1 Å². The molecular formula is C27H20N2OS. The van der Waals surface area contributed by atoms with Gasteiger partial charge >= 0.3 is 0 Å². The van der Waals surface area contributed by atoms with Crippen molar-refractivity contribution in [1.29, 1.82) is 0 Å². The molecule has 0 amide bonds. The lowest BCUT2D eigenvalue weighted by atomic mass is 9.99. The predicted molar refractivity (Wildman–Crippen MR) is 127 cm³/mol. The van der Waals surface area contributed by atoms with Crippen molar-refractivity contribution in [3.8, 4) is 38.6 Å². The van der Waals surface area contributed by atoms with Crippen molar-refractivity contribution in [2.24, 2.45) is 0 Å². The Morgan fingerprint density at radius 1 is 0.613 bits per heavy atom. The largest absolute Gasteiger partial charge is 0.472 e. The van der Waals surface area contributed by atoms with Crippen molar-refractivity contribution >= 4 is 11.5 Å².